The van der Waals surface area contributed by atoms with E-state index in [9.17, 15) is 0 Å². The van der Waals surface area contributed by atoms with Crippen LogP contribution in [0.2, 0.25) is 0 Å². The van der Waals surface area contributed by atoms with E-state index in [4.69, 9.17) is 14.5 Å². The topological polar surface area (TPSA) is 88.0 Å². The number of hydrogen-bond donors (Lipinski definition) is 1. The predicted molar refractivity (Wildman–Crippen MR) is 161 cm³/mol. The summed E-state index contributed by atoms with van der Waals surface area (Å²) in [5.74, 6) is 4.19. The van der Waals surface area contributed by atoms with Gasteiger partial charge < -0.3 is 19.7 Å². The second kappa shape index (κ2) is 12.6. The number of aromatic nitrogens is 3. The van der Waals surface area contributed by atoms with Gasteiger partial charge in [-0.3, -0.25) is 0 Å². The van der Waals surface area contributed by atoms with Crippen LogP contribution in [0, 0.1) is 5.92 Å². The van der Waals surface area contributed by atoms with Gasteiger partial charge in [0, 0.05) is 49.3 Å². The second-order valence-corrected chi connectivity index (χ2v) is 10.0. The quantitative estimate of drug-likeness (QED) is 0.235. The van der Waals surface area contributed by atoms with Gasteiger partial charge in [-0.05, 0) is 50.6 Å². The zero-order valence-electron chi connectivity index (χ0n) is 23.7. The Bertz CT molecular complexity index is 1450. The molecule has 9 nitrogen and oxygen atoms in total. The van der Waals surface area contributed by atoms with Crippen LogP contribution in [-0.2, 0) is 0 Å². The lowest BCUT2D eigenvalue weighted by Gasteiger charge is -2.24. The Morgan fingerprint density at radius 3 is 2.80 bits per heavy atom. The molecule has 3 aromatic rings. The zero-order valence-corrected chi connectivity index (χ0v) is 23.7. The van der Waals surface area contributed by atoms with Crippen LogP contribution in [0.4, 0.5) is 17.3 Å². The fourth-order valence-corrected chi connectivity index (χ4v) is 4.76. The van der Waals surface area contributed by atoms with Crippen LogP contribution in [0.3, 0.4) is 0 Å². The van der Waals surface area contributed by atoms with E-state index in [1.165, 1.54) is 12.8 Å². The van der Waals surface area contributed by atoms with Crippen LogP contribution in [0.1, 0.15) is 47.0 Å². The number of hydrazone groups is 1. The number of nitrogens with zero attached hydrogens (tertiary/aromatic N) is 6. The highest BCUT2D eigenvalue weighted by Gasteiger charge is 2.24. The number of benzene rings is 1. The van der Waals surface area contributed by atoms with E-state index in [1.54, 1.807) is 17.6 Å². The molecule has 0 aliphatic carbocycles. The Labute approximate surface area is 235 Å². The molecule has 4 heterocycles. The van der Waals surface area contributed by atoms with Crippen molar-refractivity contribution in [2.45, 2.75) is 47.0 Å². The van der Waals surface area contributed by atoms with Crippen LogP contribution in [-0.4, -0.2) is 45.9 Å². The van der Waals surface area contributed by atoms with Crippen LogP contribution in [0.25, 0.3) is 11.0 Å². The Balaban J connectivity index is 1.35. The van der Waals surface area contributed by atoms with Gasteiger partial charge in [0.15, 0.2) is 17.4 Å². The summed E-state index contributed by atoms with van der Waals surface area (Å²) in [5.41, 5.74) is 3.28. The standard InChI is InChI=1S/C31H37N7O2/c1-5-8-9-15-37-19-22(4)20-39-28-18-27-29(36-31(28)37)30(33-21-32-27)35-23-10-12-25(13-11-23)40-26-14-16-38(34-7-3)24(6-2)17-26/h6-7,10-14,16-18,21-22H,5,8-9,15,19-20H2,1-4H3,(H,32,33,35)/b24-6+,34-7-. The maximum atomic E-state index is 6.15. The van der Waals surface area contributed by atoms with E-state index in [1.807, 2.05) is 68.6 Å². The first kappa shape index (κ1) is 27.2. The first-order valence-electron chi connectivity index (χ1n) is 14.0. The molecule has 208 valence electrons. The highest BCUT2D eigenvalue weighted by Crippen LogP contribution is 2.35. The third-order valence-corrected chi connectivity index (χ3v) is 6.77. The lowest BCUT2D eigenvalue weighted by molar-refractivity contribution is 0.273. The summed E-state index contributed by atoms with van der Waals surface area (Å²) in [4.78, 5) is 16.4. The van der Waals surface area contributed by atoms with Crippen molar-refractivity contribution < 1.29 is 9.47 Å². The number of allylic oxidation sites excluding steroid dienone is 3. The molecule has 0 saturated heterocycles. The molecular weight excluding hydrogens is 502 g/mol. The number of pyridine rings is 1. The van der Waals surface area contributed by atoms with Crippen LogP contribution < -0.4 is 19.7 Å². The molecule has 2 aromatic heterocycles. The molecule has 0 spiro atoms. The van der Waals surface area contributed by atoms with E-state index >= 15 is 0 Å². The minimum absolute atomic E-state index is 0.414. The van der Waals surface area contributed by atoms with Crippen LogP contribution in [0.15, 0.2) is 77.6 Å². The van der Waals surface area contributed by atoms with E-state index in [-0.39, 0.29) is 0 Å². The van der Waals surface area contributed by atoms with E-state index < -0.39 is 0 Å². The molecule has 0 bridgehead atoms. The number of ether oxygens (including phenoxy) is 2. The molecule has 1 unspecified atom stereocenters. The highest BCUT2D eigenvalue weighted by molar-refractivity contribution is 5.90. The molecule has 40 heavy (non-hydrogen) atoms. The van der Waals surface area contributed by atoms with Gasteiger partial charge in [0.2, 0.25) is 0 Å². The van der Waals surface area contributed by atoms with Crippen molar-refractivity contribution >= 4 is 34.6 Å². The number of nitrogens with one attached hydrogen (secondary N) is 1. The van der Waals surface area contributed by atoms with Gasteiger partial charge in [-0.2, -0.15) is 5.10 Å². The van der Waals surface area contributed by atoms with Gasteiger partial charge in [-0.1, -0.05) is 32.8 Å². The average Bonchev–Trinajstić information content (AvgIpc) is 3.12. The third-order valence-electron chi connectivity index (χ3n) is 6.77. The number of hydrogen-bond acceptors (Lipinski definition) is 9. The average molecular weight is 540 g/mol. The minimum atomic E-state index is 0.414. The number of rotatable bonds is 9. The molecule has 2 aliphatic rings. The molecular formula is C31H37N7O2. The monoisotopic (exact) mass is 539 g/mol. The summed E-state index contributed by atoms with van der Waals surface area (Å²) in [6.45, 7) is 10.8. The molecule has 0 radical (unpaired) electrons. The molecule has 9 heteroatoms. The zero-order chi connectivity index (χ0) is 27.9. The highest BCUT2D eigenvalue weighted by atomic mass is 16.5. The number of unbranched alkanes of at least 4 members (excludes halogenated alkanes) is 2. The van der Waals surface area contributed by atoms with Gasteiger partial charge in [-0.15, -0.1) is 0 Å². The fourth-order valence-electron chi connectivity index (χ4n) is 4.76. The van der Waals surface area contributed by atoms with E-state index in [0.29, 0.717) is 18.3 Å². The summed E-state index contributed by atoms with van der Waals surface area (Å²) < 4.78 is 12.2. The van der Waals surface area contributed by atoms with Crippen LogP contribution >= 0.6 is 0 Å². The number of anilines is 3. The largest absolute Gasteiger partial charge is 0.489 e. The molecule has 0 saturated carbocycles. The fraction of sp³-hybridized carbons (Fsp3) is 0.355. The van der Waals surface area contributed by atoms with Crippen molar-refractivity contribution in [2.75, 3.05) is 29.9 Å². The first-order chi connectivity index (χ1) is 19.6. The maximum Gasteiger partial charge on any atom is 0.172 e. The minimum Gasteiger partial charge on any atom is -0.489 e. The molecule has 1 atom stereocenters. The Hall–Kier alpha value is -4.40. The van der Waals surface area contributed by atoms with Crippen molar-refractivity contribution in [1.29, 1.82) is 0 Å². The van der Waals surface area contributed by atoms with Gasteiger partial charge in [0.1, 0.15) is 23.4 Å². The normalized spacial score (nSPS) is 18.1. The lowest BCUT2D eigenvalue weighted by atomic mass is 10.1. The number of fused-ring (bicyclic) bond motifs is 2. The SMILES string of the molecule is C/C=N\N1C=CC(Oc2ccc(Nc3ncnc4cc5c(nc34)N(CCCCC)CC(C)CO5)cc2)=C/C1=C\C. The molecule has 0 amide bonds. The van der Waals surface area contributed by atoms with E-state index in [2.05, 4.69) is 39.1 Å². The summed E-state index contributed by atoms with van der Waals surface area (Å²) in [6.07, 6.45) is 14.5. The van der Waals surface area contributed by atoms with Crippen molar-refractivity contribution in [1.82, 2.24) is 20.0 Å². The van der Waals surface area contributed by atoms with Gasteiger partial charge in [-0.25, -0.2) is 20.0 Å². The third kappa shape index (κ3) is 6.25. The summed E-state index contributed by atoms with van der Waals surface area (Å²) in [6, 6.07) is 9.77. The van der Waals surface area contributed by atoms with Crippen molar-refractivity contribution in [3.05, 3.63) is 72.5 Å². The molecule has 1 N–H and O–H groups in total. The molecule has 0 fully saturated rings. The molecule has 2 aliphatic heterocycles. The smallest absolute Gasteiger partial charge is 0.172 e. The van der Waals surface area contributed by atoms with Crippen LogP contribution in [0.5, 0.6) is 11.5 Å². The Kier molecular flexibility index (Phi) is 8.59. The Morgan fingerprint density at radius 2 is 2.02 bits per heavy atom. The second-order valence-electron chi connectivity index (χ2n) is 10.0. The Morgan fingerprint density at radius 1 is 1.18 bits per heavy atom. The maximum absolute atomic E-state index is 6.15. The van der Waals surface area contributed by atoms with Crippen molar-refractivity contribution in [2.24, 2.45) is 11.0 Å². The summed E-state index contributed by atoms with van der Waals surface area (Å²) >= 11 is 0. The molecule has 1 aromatic carbocycles. The van der Waals surface area contributed by atoms with Gasteiger partial charge in [0.25, 0.3) is 0 Å². The molecule has 5 rings (SSSR count). The summed E-state index contributed by atoms with van der Waals surface area (Å²) in [5, 5.41) is 9.55. The van der Waals surface area contributed by atoms with Crippen molar-refractivity contribution in [3.63, 3.8) is 0 Å². The van der Waals surface area contributed by atoms with Gasteiger partial charge >= 0.3 is 0 Å². The lowest BCUT2D eigenvalue weighted by Crippen LogP contribution is -2.30. The first-order valence-corrected chi connectivity index (χ1v) is 14.0. The summed E-state index contributed by atoms with van der Waals surface area (Å²) in [7, 11) is 0. The van der Waals surface area contributed by atoms with Crippen molar-refractivity contribution in [3.8, 4) is 11.5 Å². The van der Waals surface area contributed by atoms with E-state index in [0.717, 1.165) is 65.0 Å². The van der Waals surface area contributed by atoms with Gasteiger partial charge in [0.05, 0.1) is 17.8 Å². The predicted octanol–water partition coefficient (Wildman–Crippen LogP) is 6.80.